The predicted molar refractivity (Wildman–Crippen MR) is 54.9 cm³/mol. The van der Waals surface area contributed by atoms with Crippen LogP contribution >= 0.6 is 36.8 Å². The molecule has 1 saturated carbocycles. The molecule has 1 aliphatic rings. The maximum absolute atomic E-state index is 9.56. The van der Waals surface area contributed by atoms with Crippen molar-refractivity contribution in [3.8, 4) is 0 Å². The molecule has 1 rings (SSSR count). The third kappa shape index (κ3) is 2.72. The fourth-order valence-electron chi connectivity index (χ4n) is 1.35. The van der Waals surface area contributed by atoms with Gasteiger partial charge in [0.2, 0.25) is 0 Å². The number of halogens is 2. The normalized spacial score (nSPS) is 24.7. The lowest BCUT2D eigenvalue weighted by Crippen LogP contribution is -2.13. The van der Waals surface area contributed by atoms with E-state index in [1.165, 1.54) is 32.1 Å². The van der Waals surface area contributed by atoms with Crippen molar-refractivity contribution < 1.29 is 4.55 Å². The van der Waals surface area contributed by atoms with Crippen LogP contribution in [0, 0.1) is 0 Å². The van der Waals surface area contributed by atoms with Gasteiger partial charge in [-0.05, 0) is 20.0 Å². The van der Waals surface area contributed by atoms with Gasteiger partial charge >= 0.3 is 0 Å². The monoisotopic (exact) mass is 290 g/mol. The summed E-state index contributed by atoms with van der Waals surface area (Å²) in [5, 5.41) is 0.473. The maximum atomic E-state index is 9.56. The van der Waals surface area contributed by atoms with Crippen LogP contribution in [0.25, 0.3) is 0 Å². The lowest BCUT2D eigenvalue weighted by molar-refractivity contribution is 0.498. The third-order valence-corrected chi connectivity index (χ3v) is 6.40. The highest BCUT2D eigenvalue weighted by Gasteiger charge is 2.27. The summed E-state index contributed by atoms with van der Waals surface area (Å²) in [5.74, 6) is 0. The summed E-state index contributed by atoms with van der Waals surface area (Å²) >= 11 is 6.59. The van der Waals surface area contributed by atoms with E-state index in [0.29, 0.717) is 5.25 Å². The van der Waals surface area contributed by atoms with Gasteiger partial charge in [0.05, 0.1) is 0 Å². The van der Waals surface area contributed by atoms with Gasteiger partial charge in [-0.1, -0.05) is 19.3 Å². The predicted octanol–water partition coefficient (Wildman–Crippen LogP) is 4.22. The summed E-state index contributed by atoms with van der Waals surface area (Å²) in [6.07, 6.45) is 6.23. The zero-order valence-electron chi connectivity index (χ0n) is 5.72. The first-order valence-electron chi connectivity index (χ1n) is 3.54. The average molecular weight is 292 g/mol. The quantitative estimate of drug-likeness (QED) is 0.767. The standard InChI is InChI=1S/C6H12Br2OS/c7-10(8,9)6-4-2-1-3-5-6/h6,9H,1-5H2. The lowest BCUT2D eigenvalue weighted by Gasteiger charge is -2.32. The molecule has 0 atom stereocenters. The van der Waals surface area contributed by atoms with Crippen molar-refractivity contribution in [2.45, 2.75) is 37.4 Å². The summed E-state index contributed by atoms with van der Waals surface area (Å²) in [6.45, 7) is 0. The first-order chi connectivity index (χ1) is 4.61. The van der Waals surface area contributed by atoms with Crippen LogP contribution in [0.1, 0.15) is 32.1 Å². The summed E-state index contributed by atoms with van der Waals surface area (Å²) in [6, 6.07) is 0. The van der Waals surface area contributed by atoms with Crippen LogP contribution in [0.2, 0.25) is 0 Å². The fourth-order valence-corrected chi connectivity index (χ4v) is 4.49. The van der Waals surface area contributed by atoms with Gasteiger partial charge in [-0.3, -0.25) is 0 Å². The van der Waals surface area contributed by atoms with E-state index in [4.69, 9.17) is 0 Å². The van der Waals surface area contributed by atoms with Crippen LogP contribution in [0.4, 0.5) is 0 Å². The first kappa shape index (κ1) is 9.36. The highest BCUT2D eigenvalue weighted by Crippen LogP contribution is 2.65. The van der Waals surface area contributed by atoms with Crippen molar-refractivity contribution in [2.24, 2.45) is 0 Å². The molecule has 4 heteroatoms. The molecule has 0 spiro atoms. The minimum atomic E-state index is -1.60. The van der Waals surface area contributed by atoms with Crippen molar-refractivity contribution in [2.75, 3.05) is 0 Å². The maximum Gasteiger partial charge on any atom is 0.0294 e. The molecule has 1 N–H and O–H groups in total. The van der Waals surface area contributed by atoms with Crippen molar-refractivity contribution >= 4 is 36.8 Å². The van der Waals surface area contributed by atoms with E-state index >= 15 is 0 Å². The molecule has 0 aromatic heterocycles. The minimum absolute atomic E-state index is 0.473. The molecule has 0 aromatic rings. The molecule has 0 amide bonds. The Morgan fingerprint density at radius 1 is 1.10 bits per heavy atom. The Hall–Kier alpha value is 1.27. The van der Waals surface area contributed by atoms with Crippen LogP contribution < -0.4 is 0 Å². The Kier molecular flexibility index (Phi) is 3.54. The van der Waals surface area contributed by atoms with E-state index in [1.54, 1.807) is 0 Å². The second-order valence-electron chi connectivity index (χ2n) is 2.74. The molecule has 0 heterocycles. The van der Waals surface area contributed by atoms with Crippen molar-refractivity contribution in [3.63, 3.8) is 0 Å². The Bertz CT molecular complexity index is 107. The van der Waals surface area contributed by atoms with Crippen LogP contribution in [0.15, 0.2) is 0 Å². The summed E-state index contributed by atoms with van der Waals surface area (Å²) in [4.78, 5) is 0. The number of hydrogen-bond donors (Lipinski definition) is 1. The lowest BCUT2D eigenvalue weighted by atomic mass is 10.0. The van der Waals surface area contributed by atoms with Gasteiger partial charge in [-0.2, -0.15) is 0 Å². The molecule has 62 valence electrons. The summed E-state index contributed by atoms with van der Waals surface area (Å²) in [7, 11) is -1.60. The molecule has 0 bridgehead atoms. The zero-order valence-corrected chi connectivity index (χ0v) is 9.71. The molecular weight excluding hydrogens is 280 g/mol. The summed E-state index contributed by atoms with van der Waals surface area (Å²) in [5.41, 5.74) is 0. The van der Waals surface area contributed by atoms with Gasteiger partial charge in [-0.15, -0.1) is 0 Å². The molecule has 0 saturated heterocycles. The Labute approximate surface area is 78.5 Å². The average Bonchev–Trinajstić information content (AvgIpc) is 1.88. The van der Waals surface area contributed by atoms with Gasteiger partial charge < -0.3 is 4.55 Å². The van der Waals surface area contributed by atoms with Crippen molar-refractivity contribution in [1.82, 2.24) is 0 Å². The van der Waals surface area contributed by atoms with Gasteiger partial charge in [0.15, 0.2) is 0 Å². The van der Waals surface area contributed by atoms with Gasteiger partial charge in [-0.25, -0.2) is 0 Å². The number of hydrogen-bond acceptors (Lipinski definition) is 1. The van der Waals surface area contributed by atoms with E-state index < -0.39 is 7.18 Å². The number of rotatable bonds is 1. The highest BCUT2D eigenvalue weighted by atomic mass is 79.9. The molecule has 1 aliphatic carbocycles. The molecule has 10 heavy (non-hydrogen) atoms. The minimum Gasteiger partial charge on any atom is -0.331 e. The fraction of sp³-hybridized carbons (Fsp3) is 1.00. The van der Waals surface area contributed by atoms with E-state index in [2.05, 4.69) is 29.6 Å². The largest absolute Gasteiger partial charge is 0.331 e. The molecule has 0 aliphatic heterocycles. The van der Waals surface area contributed by atoms with Gasteiger partial charge in [0.1, 0.15) is 0 Å². The van der Waals surface area contributed by atoms with Crippen molar-refractivity contribution in [3.05, 3.63) is 0 Å². The second-order valence-corrected chi connectivity index (χ2v) is 12.9. The van der Waals surface area contributed by atoms with E-state index in [9.17, 15) is 4.55 Å². The first-order valence-corrected chi connectivity index (χ1v) is 8.88. The SMILES string of the molecule is OS(Br)(Br)C1CCCCC1. The second kappa shape index (κ2) is 3.78. The summed E-state index contributed by atoms with van der Waals surface area (Å²) < 4.78 is 9.56. The Morgan fingerprint density at radius 3 is 1.90 bits per heavy atom. The van der Waals surface area contributed by atoms with Crippen LogP contribution in [0.5, 0.6) is 0 Å². The zero-order chi connectivity index (χ0) is 7.61. The third-order valence-electron chi connectivity index (χ3n) is 1.95. The van der Waals surface area contributed by atoms with E-state index in [0.717, 1.165) is 0 Å². The van der Waals surface area contributed by atoms with Crippen molar-refractivity contribution in [1.29, 1.82) is 0 Å². The Morgan fingerprint density at radius 2 is 1.60 bits per heavy atom. The molecule has 0 radical (unpaired) electrons. The molecule has 1 fully saturated rings. The van der Waals surface area contributed by atoms with Crippen LogP contribution in [0.3, 0.4) is 0 Å². The smallest absolute Gasteiger partial charge is 0.0294 e. The topological polar surface area (TPSA) is 20.2 Å². The van der Waals surface area contributed by atoms with Crippen LogP contribution in [-0.4, -0.2) is 9.80 Å². The Balaban J connectivity index is 2.39. The van der Waals surface area contributed by atoms with Crippen LogP contribution in [-0.2, 0) is 0 Å². The van der Waals surface area contributed by atoms with E-state index in [1.807, 2.05) is 0 Å². The molecule has 0 aromatic carbocycles. The van der Waals surface area contributed by atoms with Gasteiger partial charge in [0.25, 0.3) is 0 Å². The molecule has 1 nitrogen and oxygen atoms in total. The molecular formula is C6H12Br2OS. The molecule has 0 unspecified atom stereocenters. The van der Waals surface area contributed by atoms with E-state index in [-0.39, 0.29) is 0 Å². The van der Waals surface area contributed by atoms with Gasteiger partial charge in [0, 0.05) is 34.9 Å². The highest BCUT2D eigenvalue weighted by molar-refractivity contribution is 9.90.